The number of nitrogens with zero attached hydrogens (tertiary/aromatic N) is 2. The van der Waals surface area contributed by atoms with Crippen LogP contribution in [-0.2, 0) is 9.53 Å². The van der Waals surface area contributed by atoms with Gasteiger partial charge in [-0.1, -0.05) is 0 Å². The van der Waals surface area contributed by atoms with E-state index in [9.17, 15) is 22.8 Å². The van der Waals surface area contributed by atoms with Crippen molar-refractivity contribution in [2.45, 2.75) is 10.4 Å². The van der Waals surface area contributed by atoms with Gasteiger partial charge in [0.05, 0.1) is 0 Å². The average molecular weight is 362 g/mol. The minimum Gasteiger partial charge on any atom is -0.375 e. The highest BCUT2D eigenvalue weighted by Crippen LogP contribution is 2.36. The minimum absolute atomic E-state index is 0.00623. The van der Waals surface area contributed by atoms with Crippen LogP contribution < -0.4 is 0 Å². The lowest BCUT2D eigenvalue weighted by Gasteiger charge is -2.34. The van der Waals surface area contributed by atoms with E-state index in [1.807, 2.05) is 0 Å². The number of piperazine rings is 1. The van der Waals surface area contributed by atoms with E-state index in [1.54, 1.807) is 9.80 Å². The molecule has 9 heteroatoms. The summed E-state index contributed by atoms with van der Waals surface area (Å²) in [4.78, 5) is 27.3. The Balaban J connectivity index is 1.92. The van der Waals surface area contributed by atoms with E-state index in [4.69, 9.17) is 4.74 Å². The number of halogens is 3. The van der Waals surface area contributed by atoms with Gasteiger partial charge in [0.1, 0.15) is 6.61 Å². The summed E-state index contributed by atoms with van der Waals surface area (Å²) in [5.41, 5.74) is -4.02. The molecule has 0 N–H and O–H groups in total. The highest BCUT2D eigenvalue weighted by atomic mass is 32.2. The highest BCUT2D eigenvalue weighted by molar-refractivity contribution is 8.00. The van der Waals surface area contributed by atoms with Gasteiger partial charge in [-0.3, -0.25) is 9.59 Å². The summed E-state index contributed by atoms with van der Waals surface area (Å²) in [6.07, 6.45) is 0. The molecule has 0 unspecified atom stereocenters. The molecule has 0 atom stereocenters. The van der Waals surface area contributed by atoms with E-state index in [2.05, 4.69) is 0 Å². The van der Waals surface area contributed by atoms with Crippen molar-refractivity contribution in [1.29, 1.82) is 0 Å². The minimum atomic E-state index is -4.35. The summed E-state index contributed by atoms with van der Waals surface area (Å²) in [5, 5.41) is 0. The second-order valence-corrected chi connectivity index (χ2v) is 6.32. The summed E-state index contributed by atoms with van der Waals surface area (Å²) in [6.45, 7) is 1.60. The summed E-state index contributed by atoms with van der Waals surface area (Å²) < 4.78 is 41.7. The van der Waals surface area contributed by atoms with Gasteiger partial charge in [-0.15, -0.1) is 0 Å². The summed E-state index contributed by atoms with van der Waals surface area (Å²) in [7, 11) is 1.44. The van der Waals surface area contributed by atoms with Crippen LogP contribution in [0.5, 0.6) is 0 Å². The summed E-state index contributed by atoms with van der Waals surface area (Å²) >= 11 is -0.216. The fraction of sp³-hybridized carbons (Fsp3) is 0.467. The van der Waals surface area contributed by atoms with Gasteiger partial charge in [0, 0.05) is 43.7 Å². The first kappa shape index (κ1) is 18.6. The normalized spacial score (nSPS) is 15.5. The Bertz CT molecular complexity index is 585. The standard InChI is InChI=1S/C15H17F3N2O3S/c1-23-10-13(21)19-6-8-20(9-7-19)14(22)11-2-4-12(5-3-11)24-15(16,17)18/h2-5H,6-10H2,1H3. The van der Waals surface area contributed by atoms with Crippen molar-refractivity contribution in [2.24, 2.45) is 0 Å². The molecular weight excluding hydrogens is 345 g/mol. The van der Waals surface area contributed by atoms with Crippen LogP contribution >= 0.6 is 11.8 Å². The summed E-state index contributed by atoms with van der Waals surface area (Å²) in [5.74, 6) is -0.379. The number of amides is 2. The molecule has 1 fully saturated rings. The Kier molecular flexibility index (Phi) is 6.11. The van der Waals surface area contributed by atoms with Crippen molar-refractivity contribution in [1.82, 2.24) is 9.80 Å². The lowest BCUT2D eigenvalue weighted by atomic mass is 10.2. The van der Waals surface area contributed by atoms with Crippen LogP contribution in [0.1, 0.15) is 10.4 Å². The number of methoxy groups -OCH3 is 1. The quantitative estimate of drug-likeness (QED) is 0.771. The number of hydrogen-bond acceptors (Lipinski definition) is 4. The predicted molar refractivity (Wildman–Crippen MR) is 82.7 cm³/mol. The Labute approximate surface area is 141 Å². The fourth-order valence-corrected chi connectivity index (χ4v) is 2.89. The van der Waals surface area contributed by atoms with Crippen LogP contribution in [0, 0.1) is 0 Å². The molecule has 1 heterocycles. The van der Waals surface area contributed by atoms with Gasteiger partial charge < -0.3 is 14.5 Å². The smallest absolute Gasteiger partial charge is 0.375 e. The molecule has 0 spiro atoms. The topological polar surface area (TPSA) is 49.9 Å². The first-order valence-corrected chi connectivity index (χ1v) is 8.03. The average Bonchev–Trinajstić information content (AvgIpc) is 2.54. The molecule has 1 aromatic carbocycles. The largest absolute Gasteiger partial charge is 0.446 e. The van der Waals surface area contributed by atoms with E-state index in [1.165, 1.54) is 31.4 Å². The monoisotopic (exact) mass is 362 g/mol. The van der Waals surface area contributed by atoms with Crippen molar-refractivity contribution in [3.05, 3.63) is 29.8 Å². The number of carbonyl (C=O) groups excluding carboxylic acids is 2. The third-order valence-electron chi connectivity index (χ3n) is 3.52. The molecule has 1 saturated heterocycles. The lowest BCUT2D eigenvalue weighted by molar-refractivity contribution is -0.136. The number of carbonyl (C=O) groups is 2. The maximum atomic E-state index is 12.4. The molecule has 1 aliphatic heterocycles. The van der Waals surface area contributed by atoms with Crippen molar-refractivity contribution in [2.75, 3.05) is 39.9 Å². The number of benzene rings is 1. The first-order chi connectivity index (χ1) is 11.3. The molecule has 0 aliphatic carbocycles. The molecule has 24 heavy (non-hydrogen) atoms. The Hall–Kier alpha value is -1.74. The Morgan fingerprint density at radius 1 is 1.08 bits per heavy atom. The van der Waals surface area contributed by atoms with Gasteiger partial charge in [-0.05, 0) is 36.0 Å². The molecule has 1 aliphatic rings. The number of thioether (sulfide) groups is 1. The van der Waals surface area contributed by atoms with Crippen molar-refractivity contribution >= 4 is 23.6 Å². The second kappa shape index (κ2) is 7.89. The summed E-state index contributed by atoms with van der Waals surface area (Å²) in [6, 6.07) is 5.34. The predicted octanol–water partition coefficient (Wildman–Crippen LogP) is 2.23. The van der Waals surface area contributed by atoms with Crippen molar-refractivity contribution < 1.29 is 27.5 Å². The fourth-order valence-electron chi connectivity index (χ4n) is 2.36. The molecule has 0 aromatic heterocycles. The lowest BCUT2D eigenvalue weighted by Crippen LogP contribution is -2.51. The van der Waals surface area contributed by atoms with Crippen LogP contribution in [0.2, 0.25) is 0 Å². The number of hydrogen-bond donors (Lipinski definition) is 0. The zero-order chi connectivity index (χ0) is 17.7. The molecule has 0 saturated carbocycles. The van der Waals surface area contributed by atoms with E-state index < -0.39 is 5.51 Å². The van der Waals surface area contributed by atoms with E-state index in [0.29, 0.717) is 31.7 Å². The number of rotatable bonds is 4. The van der Waals surface area contributed by atoms with Gasteiger partial charge >= 0.3 is 5.51 Å². The molecule has 1 aromatic rings. The van der Waals surface area contributed by atoms with Gasteiger partial charge in [-0.2, -0.15) is 13.2 Å². The van der Waals surface area contributed by atoms with Gasteiger partial charge in [-0.25, -0.2) is 0 Å². The maximum absolute atomic E-state index is 12.4. The van der Waals surface area contributed by atoms with E-state index >= 15 is 0 Å². The van der Waals surface area contributed by atoms with Crippen LogP contribution in [0.3, 0.4) is 0 Å². The van der Waals surface area contributed by atoms with Crippen LogP contribution in [0.4, 0.5) is 13.2 Å². The molecule has 132 valence electrons. The molecule has 2 rings (SSSR count). The molecule has 0 radical (unpaired) electrons. The highest BCUT2D eigenvalue weighted by Gasteiger charge is 2.29. The zero-order valence-corrected chi connectivity index (χ0v) is 13.8. The van der Waals surface area contributed by atoms with E-state index in [0.717, 1.165) is 0 Å². The van der Waals surface area contributed by atoms with Gasteiger partial charge in [0.25, 0.3) is 5.91 Å². The third kappa shape index (κ3) is 5.13. The molecule has 5 nitrogen and oxygen atoms in total. The maximum Gasteiger partial charge on any atom is 0.446 e. The Morgan fingerprint density at radius 2 is 1.62 bits per heavy atom. The number of ether oxygens (including phenoxy) is 1. The Morgan fingerprint density at radius 3 is 2.12 bits per heavy atom. The second-order valence-electron chi connectivity index (χ2n) is 5.18. The van der Waals surface area contributed by atoms with Crippen LogP contribution in [-0.4, -0.2) is 67.0 Å². The van der Waals surface area contributed by atoms with Gasteiger partial charge in [0.2, 0.25) is 5.91 Å². The van der Waals surface area contributed by atoms with Crippen molar-refractivity contribution in [3.8, 4) is 0 Å². The third-order valence-corrected chi connectivity index (χ3v) is 4.26. The van der Waals surface area contributed by atoms with Crippen LogP contribution in [0.15, 0.2) is 29.2 Å². The molecular formula is C15H17F3N2O3S. The van der Waals surface area contributed by atoms with Gasteiger partial charge in [0.15, 0.2) is 0 Å². The molecule has 0 bridgehead atoms. The van der Waals surface area contributed by atoms with E-state index in [-0.39, 0.29) is 35.1 Å². The van der Waals surface area contributed by atoms with Crippen molar-refractivity contribution in [3.63, 3.8) is 0 Å². The first-order valence-electron chi connectivity index (χ1n) is 7.22. The SMILES string of the molecule is COCC(=O)N1CCN(C(=O)c2ccc(SC(F)(F)F)cc2)CC1. The molecule has 2 amide bonds. The van der Waals surface area contributed by atoms with Crippen LogP contribution in [0.25, 0.3) is 0 Å². The zero-order valence-electron chi connectivity index (χ0n) is 13.0. The number of alkyl halides is 3.